The summed E-state index contributed by atoms with van der Waals surface area (Å²) in [6, 6.07) is 13.9. The van der Waals surface area contributed by atoms with Crippen molar-refractivity contribution in [1.82, 2.24) is 4.90 Å². The molecule has 0 aliphatic rings. The summed E-state index contributed by atoms with van der Waals surface area (Å²) in [5.74, 6) is -0.795. The minimum absolute atomic E-state index is 0.117. The van der Waals surface area contributed by atoms with Gasteiger partial charge in [0.1, 0.15) is 0 Å². The number of anilines is 2. The minimum atomic E-state index is -0.514. The maximum Gasteiger partial charge on any atom is 0.248 e. The monoisotopic (exact) mass is 494 g/mol. The fourth-order valence-corrected chi connectivity index (χ4v) is 3.03. The molecule has 0 aliphatic carbocycles. The first-order chi connectivity index (χ1) is 13.4. The van der Waals surface area contributed by atoms with Crippen LogP contribution in [-0.4, -0.2) is 42.3 Å². The second-order valence-corrected chi connectivity index (χ2v) is 7.30. The molecule has 2 aromatic carbocycles. The molecule has 2 aromatic rings. The Bertz CT molecular complexity index is 840. The molecule has 0 heterocycles. The summed E-state index contributed by atoms with van der Waals surface area (Å²) < 4.78 is 0.971. The summed E-state index contributed by atoms with van der Waals surface area (Å²) in [6.45, 7) is 3.27. The third-order valence-corrected chi connectivity index (χ3v) is 5.01. The number of nitrogens with one attached hydrogen (secondary N) is 2. The molecule has 0 aliphatic heterocycles. The van der Waals surface area contributed by atoms with Crippen LogP contribution in [0, 0.1) is 3.57 Å². The fraction of sp³-hybridized carbons (Fsp3) is 0.250. The van der Waals surface area contributed by atoms with E-state index >= 15 is 0 Å². The van der Waals surface area contributed by atoms with Gasteiger partial charge in [-0.25, -0.2) is 0 Å². The van der Waals surface area contributed by atoms with Gasteiger partial charge in [0.05, 0.1) is 12.2 Å². The van der Waals surface area contributed by atoms with Gasteiger partial charge >= 0.3 is 0 Å². The lowest BCUT2D eigenvalue weighted by molar-refractivity contribution is -0.119. The number of benzene rings is 2. The molecule has 3 amide bonds. The summed E-state index contributed by atoms with van der Waals surface area (Å²) in [6.07, 6.45) is 0.252. The van der Waals surface area contributed by atoms with Gasteiger partial charge in [-0.1, -0.05) is 19.1 Å². The number of nitrogens with zero attached hydrogens (tertiary/aromatic N) is 1. The first kappa shape index (κ1) is 21.8. The van der Waals surface area contributed by atoms with Crippen LogP contribution in [0.2, 0.25) is 0 Å². The van der Waals surface area contributed by atoms with E-state index in [-0.39, 0.29) is 24.8 Å². The molecule has 0 bridgehead atoms. The molecular weight excluding hydrogens is 471 g/mol. The maximum atomic E-state index is 12.3. The van der Waals surface area contributed by atoms with Crippen LogP contribution in [-0.2, 0) is 9.59 Å². The predicted molar refractivity (Wildman–Crippen MR) is 118 cm³/mol. The van der Waals surface area contributed by atoms with Crippen molar-refractivity contribution in [2.24, 2.45) is 5.73 Å². The van der Waals surface area contributed by atoms with Gasteiger partial charge in [0.2, 0.25) is 17.7 Å². The number of amides is 3. The average molecular weight is 494 g/mol. The number of primary amides is 1. The lowest BCUT2D eigenvalue weighted by Gasteiger charge is -2.19. The highest BCUT2D eigenvalue weighted by molar-refractivity contribution is 14.1. The SMILES string of the molecule is CCN(CCC(=O)Nc1ccc(C(N)=O)cc1)CC(=O)Nc1ccccc1I. The second kappa shape index (κ2) is 10.8. The quantitative estimate of drug-likeness (QED) is 0.467. The van der Waals surface area contributed by atoms with Gasteiger partial charge in [-0.05, 0) is 65.5 Å². The van der Waals surface area contributed by atoms with Crippen molar-refractivity contribution in [2.45, 2.75) is 13.3 Å². The first-order valence-electron chi connectivity index (χ1n) is 8.85. The zero-order valence-electron chi connectivity index (χ0n) is 15.6. The Morgan fingerprint density at radius 1 is 1.00 bits per heavy atom. The van der Waals surface area contributed by atoms with Gasteiger partial charge in [-0.15, -0.1) is 0 Å². The van der Waals surface area contributed by atoms with E-state index in [1.54, 1.807) is 24.3 Å². The second-order valence-electron chi connectivity index (χ2n) is 6.14. The number of likely N-dealkylation sites (N-methyl/N-ethyl adjacent to an activating group) is 1. The summed E-state index contributed by atoms with van der Waals surface area (Å²) >= 11 is 2.17. The summed E-state index contributed by atoms with van der Waals surface area (Å²) in [7, 11) is 0. The Balaban J connectivity index is 1.80. The zero-order valence-corrected chi connectivity index (χ0v) is 17.7. The molecule has 7 nitrogen and oxygen atoms in total. The van der Waals surface area contributed by atoms with Crippen molar-refractivity contribution in [3.05, 3.63) is 57.7 Å². The highest BCUT2D eigenvalue weighted by Crippen LogP contribution is 2.16. The smallest absolute Gasteiger partial charge is 0.248 e. The van der Waals surface area contributed by atoms with Crippen molar-refractivity contribution in [1.29, 1.82) is 0 Å². The third-order valence-electron chi connectivity index (χ3n) is 4.07. The number of para-hydroxylation sites is 1. The highest BCUT2D eigenvalue weighted by Gasteiger charge is 2.12. The molecule has 0 saturated carbocycles. The van der Waals surface area contributed by atoms with Crippen LogP contribution in [0.4, 0.5) is 11.4 Å². The number of rotatable bonds is 9. The lowest BCUT2D eigenvalue weighted by atomic mass is 10.2. The van der Waals surface area contributed by atoms with Crippen molar-refractivity contribution >= 4 is 51.7 Å². The molecule has 0 fully saturated rings. The van der Waals surface area contributed by atoms with E-state index < -0.39 is 5.91 Å². The zero-order chi connectivity index (χ0) is 20.5. The van der Waals surface area contributed by atoms with Gasteiger partial charge in [0, 0.05) is 27.8 Å². The molecule has 0 spiro atoms. The normalized spacial score (nSPS) is 10.5. The van der Waals surface area contributed by atoms with Gasteiger partial charge in [0.15, 0.2) is 0 Å². The van der Waals surface area contributed by atoms with Gasteiger partial charge in [0.25, 0.3) is 0 Å². The lowest BCUT2D eigenvalue weighted by Crippen LogP contribution is -2.35. The van der Waals surface area contributed by atoms with Crippen LogP contribution in [0.1, 0.15) is 23.7 Å². The standard InChI is InChI=1S/C20H23IN4O3/c1-2-25(13-19(27)24-17-6-4-3-5-16(17)21)12-11-18(26)23-15-9-7-14(8-10-15)20(22)28/h3-10H,2,11-13H2,1H3,(H2,22,28)(H,23,26)(H,24,27). The van der Waals surface area contributed by atoms with Crippen LogP contribution < -0.4 is 16.4 Å². The number of carbonyl (C=O) groups excluding carboxylic acids is 3. The predicted octanol–water partition coefficient (Wildman–Crippen LogP) is 2.68. The van der Waals surface area contributed by atoms with Crippen LogP contribution in [0.25, 0.3) is 0 Å². The van der Waals surface area contributed by atoms with E-state index in [1.807, 2.05) is 36.1 Å². The number of hydrogen-bond acceptors (Lipinski definition) is 4. The molecule has 8 heteroatoms. The van der Waals surface area contributed by atoms with E-state index in [0.717, 1.165) is 9.26 Å². The van der Waals surface area contributed by atoms with Crippen LogP contribution in [0.3, 0.4) is 0 Å². The molecule has 0 saturated heterocycles. The third kappa shape index (κ3) is 6.93. The summed E-state index contributed by atoms with van der Waals surface area (Å²) in [5.41, 5.74) is 6.95. The summed E-state index contributed by atoms with van der Waals surface area (Å²) in [5, 5.41) is 5.66. The molecule has 0 atom stereocenters. The van der Waals surface area contributed by atoms with E-state index in [9.17, 15) is 14.4 Å². The topological polar surface area (TPSA) is 105 Å². The van der Waals surface area contributed by atoms with Crippen LogP contribution in [0.15, 0.2) is 48.5 Å². The first-order valence-corrected chi connectivity index (χ1v) is 9.93. The molecule has 28 heavy (non-hydrogen) atoms. The van der Waals surface area contributed by atoms with E-state index in [4.69, 9.17) is 5.73 Å². The van der Waals surface area contributed by atoms with Crippen molar-refractivity contribution in [3.8, 4) is 0 Å². The van der Waals surface area contributed by atoms with Gasteiger partial charge in [-0.3, -0.25) is 19.3 Å². The van der Waals surface area contributed by atoms with E-state index in [1.165, 1.54) is 0 Å². The van der Waals surface area contributed by atoms with Gasteiger partial charge < -0.3 is 16.4 Å². The fourth-order valence-electron chi connectivity index (χ4n) is 2.51. The maximum absolute atomic E-state index is 12.3. The van der Waals surface area contributed by atoms with Crippen LogP contribution >= 0.6 is 22.6 Å². The highest BCUT2D eigenvalue weighted by atomic mass is 127. The Morgan fingerprint density at radius 3 is 2.29 bits per heavy atom. The minimum Gasteiger partial charge on any atom is -0.366 e. The molecular formula is C20H23IN4O3. The molecule has 0 unspecified atom stereocenters. The Kier molecular flexibility index (Phi) is 8.40. The number of carbonyl (C=O) groups is 3. The van der Waals surface area contributed by atoms with Crippen molar-refractivity contribution in [3.63, 3.8) is 0 Å². The number of halogens is 1. The summed E-state index contributed by atoms with van der Waals surface area (Å²) in [4.78, 5) is 37.4. The van der Waals surface area contributed by atoms with E-state index in [2.05, 4.69) is 33.2 Å². The number of nitrogens with two attached hydrogens (primary N) is 1. The van der Waals surface area contributed by atoms with Crippen LogP contribution in [0.5, 0.6) is 0 Å². The Hall–Kier alpha value is -2.46. The molecule has 0 radical (unpaired) electrons. The molecule has 4 N–H and O–H groups in total. The Morgan fingerprint density at radius 2 is 1.68 bits per heavy atom. The van der Waals surface area contributed by atoms with Gasteiger partial charge in [-0.2, -0.15) is 0 Å². The molecule has 148 valence electrons. The molecule has 0 aromatic heterocycles. The largest absolute Gasteiger partial charge is 0.366 e. The molecule has 2 rings (SSSR count). The number of hydrogen-bond donors (Lipinski definition) is 3. The average Bonchev–Trinajstić information content (AvgIpc) is 2.67. The van der Waals surface area contributed by atoms with Crippen molar-refractivity contribution < 1.29 is 14.4 Å². The van der Waals surface area contributed by atoms with Crippen molar-refractivity contribution in [2.75, 3.05) is 30.3 Å². The van der Waals surface area contributed by atoms with E-state index in [0.29, 0.717) is 24.3 Å². The Labute approximate surface area is 177 Å².